The Morgan fingerprint density at radius 2 is 1.96 bits per heavy atom. The molecule has 2 amide bonds. The highest BCUT2D eigenvalue weighted by molar-refractivity contribution is 7.13. The number of nitrogens with one attached hydrogen (secondary N) is 1. The zero-order valence-electron chi connectivity index (χ0n) is 14.9. The van der Waals surface area contributed by atoms with E-state index in [0.29, 0.717) is 15.9 Å². The maximum absolute atomic E-state index is 12.8. The van der Waals surface area contributed by atoms with Crippen LogP contribution in [0.3, 0.4) is 0 Å². The Labute approximate surface area is 167 Å². The fourth-order valence-electron chi connectivity index (χ4n) is 3.17. The fourth-order valence-corrected chi connectivity index (χ4v) is 3.84. The van der Waals surface area contributed by atoms with E-state index in [1.807, 2.05) is 0 Å². The number of thiazole rings is 1. The number of nitrogens with zero attached hydrogens (tertiary/aromatic N) is 2. The number of anilines is 1. The van der Waals surface area contributed by atoms with Gasteiger partial charge in [-0.3, -0.25) is 9.59 Å². The molecule has 1 aromatic carbocycles. The summed E-state index contributed by atoms with van der Waals surface area (Å²) in [6.07, 6.45) is 6.77. The Morgan fingerprint density at radius 3 is 2.63 bits per heavy atom. The fraction of sp³-hybridized carbons (Fsp3) is 0.421. The minimum absolute atomic E-state index is 0.00700. The average Bonchev–Trinajstić information content (AvgIpc) is 3.19. The molecule has 0 radical (unpaired) electrons. The van der Waals surface area contributed by atoms with Crippen molar-refractivity contribution in [3.63, 3.8) is 0 Å². The van der Waals surface area contributed by atoms with Crippen molar-refractivity contribution in [3.8, 4) is 5.75 Å². The zero-order chi connectivity index (χ0) is 19.1. The highest BCUT2D eigenvalue weighted by Gasteiger charge is 2.27. The first-order valence-corrected chi connectivity index (χ1v) is 10.2. The number of rotatable bonds is 7. The lowest BCUT2D eigenvalue weighted by Gasteiger charge is -2.33. The molecule has 144 valence electrons. The summed E-state index contributed by atoms with van der Waals surface area (Å²) in [4.78, 5) is 30.9. The SMILES string of the molecule is O=C(CN(C(=O)COc1ccc(Cl)cc1)C1CCCCC1)Nc1nccs1. The third kappa shape index (κ3) is 5.94. The smallest absolute Gasteiger partial charge is 0.261 e. The van der Waals surface area contributed by atoms with Crippen molar-refractivity contribution in [2.24, 2.45) is 0 Å². The topological polar surface area (TPSA) is 71.5 Å². The van der Waals surface area contributed by atoms with Gasteiger partial charge < -0.3 is 15.0 Å². The van der Waals surface area contributed by atoms with E-state index in [9.17, 15) is 9.59 Å². The zero-order valence-corrected chi connectivity index (χ0v) is 16.5. The molecule has 27 heavy (non-hydrogen) atoms. The number of aromatic nitrogens is 1. The molecule has 0 atom stereocenters. The molecule has 0 bridgehead atoms. The van der Waals surface area contributed by atoms with Gasteiger partial charge in [0.1, 0.15) is 12.3 Å². The van der Waals surface area contributed by atoms with Gasteiger partial charge in [0.2, 0.25) is 5.91 Å². The molecule has 2 aromatic rings. The number of hydrogen-bond donors (Lipinski definition) is 1. The first-order valence-electron chi connectivity index (χ1n) is 8.99. The van der Waals surface area contributed by atoms with Gasteiger partial charge >= 0.3 is 0 Å². The van der Waals surface area contributed by atoms with Crippen molar-refractivity contribution in [3.05, 3.63) is 40.9 Å². The van der Waals surface area contributed by atoms with Crippen LogP contribution in [-0.4, -0.2) is 40.9 Å². The third-order valence-corrected chi connectivity index (χ3v) is 5.44. The van der Waals surface area contributed by atoms with Crippen LogP contribution in [0, 0.1) is 0 Å². The maximum atomic E-state index is 12.8. The Bertz CT molecular complexity index is 746. The van der Waals surface area contributed by atoms with Crippen LogP contribution >= 0.6 is 22.9 Å². The van der Waals surface area contributed by atoms with Crippen molar-refractivity contribution in [2.75, 3.05) is 18.5 Å². The monoisotopic (exact) mass is 407 g/mol. The number of carbonyl (C=O) groups is 2. The molecule has 1 aliphatic carbocycles. The van der Waals surface area contributed by atoms with Gasteiger partial charge in [-0.2, -0.15) is 0 Å². The van der Waals surface area contributed by atoms with Gasteiger partial charge in [0.15, 0.2) is 11.7 Å². The van der Waals surface area contributed by atoms with Crippen LogP contribution in [0.25, 0.3) is 0 Å². The average molecular weight is 408 g/mol. The molecule has 1 saturated carbocycles. The van der Waals surface area contributed by atoms with Crippen molar-refractivity contribution in [2.45, 2.75) is 38.1 Å². The highest BCUT2D eigenvalue weighted by atomic mass is 35.5. The van der Waals surface area contributed by atoms with Crippen LogP contribution in [0.5, 0.6) is 5.75 Å². The summed E-state index contributed by atoms with van der Waals surface area (Å²) in [6, 6.07) is 6.93. The van der Waals surface area contributed by atoms with E-state index < -0.39 is 0 Å². The Kier molecular flexibility index (Phi) is 7.06. The molecular formula is C19H22ClN3O3S. The summed E-state index contributed by atoms with van der Waals surface area (Å²) in [5.41, 5.74) is 0. The molecule has 1 heterocycles. The highest BCUT2D eigenvalue weighted by Crippen LogP contribution is 2.23. The predicted molar refractivity (Wildman–Crippen MR) is 106 cm³/mol. The van der Waals surface area contributed by atoms with E-state index in [1.54, 1.807) is 40.7 Å². The number of hydrogen-bond acceptors (Lipinski definition) is 5. The second-order valence-electron chi connectivity index (χ2n) is 6.44. The van der Waals surface area contributed by atoms with Crippen LogP contribution in [0.4, 0.5) is 5.13 Å². The number of amides is 2. The summed E-state index contributed by atoms with van der Waals surface area (Å²) < 4.78 is 5.59. The van der Waals surface area contributed by atoms with Gasteiger partial charge in [0, 0.05) is 22.6 Å². The summed E-state index contributed by atoms with van der Waals surface area (Å²) in [6.45, 7) is -0.101. The number of carbonyl (C=O) groups excluding carboxylic acids is 2. The van der Waals surface area contributed by atoms with Crippen LogP contribution < -0.4 is 10.1 Å². The van der Waals surface area contributed by atoms with Gasteiger partial charge in [0.05, 0.1) is 0 Å². The van der Waals surface area contributed by atoms with Gasteiger partial charge in [0.25, 0.3) is 5.91 Å². The summed E-state index contributed by atoms with van der Waals surface area (Å²) in [5.74, 6) is 0.144. The Balaban J connectivity index is 1.61. The van der Waals surface area contributed by atoms with Gasteiger partial charge in [-0.25, -0.2) is 4.98 Å². The normalized spacial score (nSPS) is 14.6. The molecule has 0 spiro atoms. The lowest BCUT2D eigenvalue weighted by atomic mass is 9.94. The number of halogens is 1. The minimum Gasteiger partial charge on any atom is -0.484 e. The molecule has 0 aliphatic heterocycles. The molecule has 1 aromatic heterocycles. The van der Waals surface area contributed by atoms with Gasteiger partial charge in [-0.1, -0.05) is 30.9 Å². The van der Waals surface area contributed by atoms with Crippen LogP contribution in [0.1, 0.15) is 32.1 Å². The molecular weight excluding hydrogens is 386 g/mol. The molecule has 0 unspecified atom stereocenters. The number of ether oxygens (including phenoxy) is 1. The van der Waals surface area contributed by atoms with Crippen molar-refractivity contribution >= 4 is 39.9 Å². The quantitative estimate of drug-likeness (QED) is 0.753. The molecule has 1 fully saturated rings. The second-order valence-corrected chi connectivity index (χ2v) is 7.77. The number of benzene rings is 1. The standard InChI is InChI=1S/C19H22ClN3O3S/c20-14-6-8-16(9-7-14)26-13-18(25)23(15-4-2-1-3-5-15)12-17(24)22-19-21-10-11-27-19/h6-11,15H,1-5,12-13H2,(H,21,22,24). The van der Waals surface area contributed by atoms with E-state index in [1.165, 1.54) is 17.8 Å². The van der Waals surface area contributed by atoms with Crippen molar-refractivity contribution < 1.29 is 14.3 Å². The molecule has 8 heteroatoms. The lowest BCUT2D eigenvalue weighted by Crippen LogP contribution is -2.47. The van der Waals surface area contributed by atoms with Gasteiger partial charge in [-0.05, 0) is 37.1 Å². The van der Waals surface area contributed by atoms with E-state index in [-0.39, 0.29) is 31.0 Å². The van der Waals surface area contributed by atoms with Crippen LogP contribution in [0.15, 0.2) is 35.8 Å². The van der Waals surface area contributed by atoms with E-state index >= 15 is 0 Å². The predicted octanol–water partition coefficient (Wildman–Crippen LogP) is 3.98. The lowest BCUT2D eigenvalue weighted by molar-refractivity contribution is -0.139. The van der Waals surface area contributed by atoms with E-state index in [4.69, 9.17) is 16.3 Å². The molecule has 1 aliphatic rings. The van der Waals surface area contributed by atoms with Crippen molar-refractivity contribution in [1.82, 2.24) is 9.88 Å². The first kappa shape index (κ1) is 19.6. The Morgan fingerprint density at radius 1 is 1.22 bits per heavy atom. The Hall–Kier alpha value is -2.12. The molecule has 6 nitrogen and oxygen atoms in total. The van der Waals surface area contributed by atoms with Crippen LogP contribution in [-0.2, 0) is 9.59 Å². The summed E-state index contributed by atoms with van der Waals surface area (Å²) in [5, 5.41) is 5.68. The first-order chi connectivity index (χ1) is 13.1. The van der Waals surface area contributed by atoms with Gasteiger partial charge in [-0.15, -0.1) is 11.3 Å². The van der Waals surface area contributed by atoms with Crippen LogP contribution in [0.2, 0.25) is 5.02 Å². The molecule has 3 rings (SSSR count). The van der Waals surface area contributed by atoms with E-state index in [2.05, 4.69) is 10.3 Å². The molecule has 1 N–H and O–H groups in total. The summed E-state index contributed by atoms with van der Waals surface area (Å²) >= 11 is 7.21. The maximum Gasteiger partial charge on any atom is 0.261 e. The largest absolute Gasteiger partial charge is 0.484 e. The summed E-state index contributed by atoms with van der Waals surface area (Å²) in [7, 11) is 0. The third-order valence-electron chi connectivity index (χ3n) is 4.50. The molecule has 0 saturated heterocycles. The van der Waals surface area contributed by atoms with Crippen molar-refractivity contribution in [1.29, 1.82) is 0 Å². The second kappa shape index (κ2) is 9.71. The minimum atomic E-state index is -0.240. The van der Waals surface area contributed by atoms with E-state index in [0.717, 1.165) is 25.7 Å².